The number of nitrogens with one attached hydrogen (secondary N) is 1. The number of hydrogen-bond acceptors (Lipinski definition) is 6. The van der Waals surface area contributed by atoms with E-state index in [1.807, 2.05) is 4.90 Å². The fourth-order valence-electron chi connectivity index (χ4n) is 3.64. The average Bonchev–Trinajstić information content (AvgIpc) is 3.15. The number of fused-ring (bicyclic) bond motifs is 1. The van der Waals surface area contributed by atoms with Gasteiger partial charge in [0.1, 0.15) is 11.5 Å². The molecule has 0 saturated carbocycles. The van der Waals surface area contributed by atoms with Gasteiger partial charge < -0.3 is 24.4 Å². The molecule has 7 nitrogen and oxygen atoms in total. The normalized spacial score (nSPS) is 19.3. The first kappa shape index (κ1) is 19.1. The summed E-state index contributed by atoms with van der Waals surface area (Å²) in [6, 6.07) is 2.14. The summed E-state index contributed by atoms with van der Waals surface area (Å²) in [6.07, 6.45) is 3.69. The number of pyridine rings is 1. The molecule has 1 saturated heterocycles. The molecule has 1 N–H and O–H groups in total. The first-order valence-corrected chi connectivity index (χ1v) is 9.31. The molecule has 2 aliphatic heterocycles. The molecular formula is C19H29N3O4. The second-order valence-electron chi connectivity index (χ2n) is 6.91. The molecule has 1 atom stereocenters. The van der Waals surface area contributed by atoms with Crippen molar-refractivity contribution in [3.05, 3.63) is 22.9 Å². The van der Waals surface area contributed by atoms with E-state index in [-0.39, 0.29) is 12.0 Å². The Kier molecular flexibility index (Phi) is 6.45. The number of ether oxygens (including phenoxy) is 3. The van der Waals surface area contributed by atoms with Gasteiger partial charge in [-0.1, -0.05) is 0 Å². The number of carbonyl (C=O) groups is 1. The van der Waals surface area contributed by atoms with Gasteiger partial charge in [-0.25, -0.2) is 4.98 Å². The lowest BCUT2D eigenvalue weighted by Gasteiger charge is -2.28. The zero-order chi connectivity index (χ0) is 18.5. The van der Waals surface area contributed by atoms with Crippen molar-refractivity contribution in [2.24, 2.45) is 0 Å². The number of rotatable bonds is 7. The van der Waals surface area contributed by atoms with Crippen LogP contribution in [0.5, 0.6) is 0 Å². The van der Waals surface area contributed by atoms with Crippen molar-refractivity contribution in [3.8, 4) is 0 Å². The van der Waals surface area contributed by atoms with Crippen LogP contribution in [0, 0.1) is 0 Å². The Balaban J connectivity index is 1.88. The molecule has 1 unspecified atom stereocenters. The predicted molar refractivity (Wildman–Crippen MR) is 97.9 cm³/mol. The topological polar surface area (TPSA) is 72.9 Å². The van der Waals surface area contributed by atoms with Crippen molar-refractivity contribution in [3.63, 3.8) is 0 Å². The number of aromatic nitrogens is 1. The van der Waals surface area contributed by atoms with Gasteiger partial charge in [0.15, 0.2) is 0 Å². The van der Waals surface area contributed by atoms with Crippen molar-refractivity contribution in [2.45, 2.75) is 51.5 Å². The minimum atomic E-state index is -0.560. The monoisotopic (exact) mass is 363 g/mol. The third kappa shape index (κ3) is 4.34. The van der Waals surface area contributed by atoms with E-state index in [0.717, 1.165) is 55.9 Å². The molecule has 1 fully saturated rings. The standard InChI is InChI=1S/C19H29N3O4/c1-13(23)22(12-16-7-5-9-26-16)11-15-10-14-6-4-8-20-18(14)21-17(15)19(24-2)25-3/h10,16,19H,4-9,11-12H2,1-3H3,(H,20,21). The van der Waals surface area contributed by atoms with Crippen LogP contribution in [0.25, 0.3) is 0 Å². The number of amides is 1. The second kappa shape index (κ2) is 8.79. The Hall–Kier alpha value is -1.70. The number of anilines is 1. The molecule has 1 aromatic rings. The highest BCUT2D eigenvalue weighted by molar-refractivity contribution is 5.73. The van der Waals surface area contributed by atoms with Crippen LogP contribution < -0.4 is 5.32 Å². The molecule has 0 radical (unpaired) electrons. The maximum absolute atomic E-state index is 12.2. The molecule has 26 heavy (non-hydrogen) atoms. The van der Waals surface area contributed by atoms with Gasteiger partial charge in [0, 0.05) is 47.4 Å². The van der Waals surface area contributed by atoms with E-state index >= 15 is 0 Å². The Morgan fingerprint density at radius 2 is 2.23 bits per heavy atom. The Labute approximate surface area is 155 Å². The van der Waals surface area contributed by atoms with Gasteiger partial charge in [-0.2, -0.15) is 0 Å². The molecular weight excluding hydrogens is 334 g/mol. The average molecular weight is 363 g/mol. The summed E-state index contributed by atoms with van der Waals surface area (Å²) in [7, 11) is 3.20. The molecule has 1 aromatic heterocycles. The zero-order valence-corrected chi connectivity index (χ0v) is 15.9. The summed E-state index contributed by atoms with van der Waals surface area (Å²) in [5, 5.41) is 3.35. The Morgan fingerprint density at radius 3 is 2.88 bits per heavy atom. The van der Waals surface area contributed by atoms with E-state index in [2.05, 4.69) is 11.4 Å². The number of aryl methyl sites for hydroxylation is 1. The van der Waals surface area contributed by atoms with Crippen molar-refractivity contribution >= 4 is 11.7 Å². The first-order chi connectivity index (χ1) is 12.6. The molecule has 0 aliphatic carbocycles. The van der Waals surface area contributed by atoms with E-state index in [0.29, 0.717) is 13.1 Å². The highest BCUT2D eigenvalue weighted by Crippen LogP contribution is 2.29. The lowest BCUT2D eigenvalue weighted by Crippen LogP contribution is -2.36. The van der Waals surface area contributed by atoms with Gasteiger partial charge in [-0.15, -0.1) is 0 Å². The van der Waals surface area contributed by atoms with Gasteiger partial charge >= 0.3 is 0 Å². The van der Waals surface area contributed by atoms with Gasteiger partial charge in [-0.05, 0) is 42.9 Å². The summed E-state index contributed by atoms with van der Waals surface area (Å²) >= 11 is 0. The minimum Gasteiger partial charge on any atom is -0.376 e. The predicted octanol–water partition coefficient (Wildman–Crippen LogP) is 2.26. The third-order valence-electron chi connectivity index (χ3n) is 5.04. The number of carbonyl (C=O) groups excluding carboxylic acids is 1. The van der Waals surface area contributed by atoms with Crippen LogP contribution in [0.3, 0.4) is 0 Å². The number of hydrogen-bond donors (Lipinski definition) is 1. The largest absolute Gasteiger partial charge is 0.376 e. The molecule has 0 spiro atoms. The SMILES string of the molecule is COC(OC)c1nc2c(cc1CN(CC1CCCO1)C(C)=O)CCCN2. The summed E-state index contributed by atoms with van der Waals surface area (Å²) in [6.45, 7) is 4.39. The lowest BCUT2D eigenvalue weighted by atomic mass is 10.0. The second-order valence-corrected chi connectivity index (χ2v) is 6.91. The van der Waals surface area contributed by atoms with Gasteiger partial charge in [0.25, 0.3) is 0 Å². The number of nitrogens with zero attached hydrogens (tertiary/aromatic N) is 2. The summed E-state index contributed by atoms with van der Waals surface area (Å²) in [5.74, 6) is 0.927. The fraction of sp³-hybridized carbons (Fsp3) is 0.684. The van der Waals surface area contributed by atoms with E-state index in [1.165, 1.54) is 5.56 Å². The van der Waals surface area contributed by atoms with E-state index in [9.17, 15) is 4.79 Å². The van der Waals surface area contributed by atoms with Crippen molar-refractivity contribution < 1.29 is 19.0 Å². The lowest BCUT2D eigenvalue weighted by molar-refractivity contribution is -0.131. The maximum atomic E-state index is 12.2. The molecule has 3 heterocycles. The molecule has 3 rings (SSSR count). The van der Waals surface area contributed by atoms with Gasteiger partial charge in [0.2, 0.25) is 12.2 Å². The molecule has 7 heteroatoms. The van der Waals surface area contributed by atoms with Crippen LogP contribution in [0.15, 0.2) is 6.07 Å². The molecule has 1 amide bonds. The van der Waals surface area contributed by atoms with Gasteiger partial charge in [0.05, 0.1) is 6.10 Å². The van der Waals surface area contributed by atoms with Gasteiger partial charge in [-0.3, -0.25) is 4.79 Å². The van der Waals surface area contributed by atoms with Crippen LogP contribution in [0.2, 0.25) is 0 Å². The number of methoxy groups -OCH3 is 2. The Bertz CT molecular complexity index is 627. The molecule has 0 bridgehead atoms. The summed E-state index contributed by atoms with van der Waals surface area (Å²) in [5.41, 5.74) is 2.87. The Morgan fingerprint density at radius 1 is 1.42 bits per heavy atom. The highest BCUT2D eigenvalue weighted by Gasteiger charge is 2.25. The highest BCUT2D eigenvalue weighted by atomic mass is 16.7. The van der Waals surface area contributed by atoms with Crippen LogP contribution in [0.4, 0.5) is 5.82 Å². The maximum Gasteiger partial charge on any atom is 0.219 e. The van der Waals surface area contributed by atoms with E-state index in [1.54, 1.807) is 21.1 Å². The quantitative estimate of drug-likeness (QED) is 0.749. The third-order valence-corrected chi connectivity index (χ3v) is 5.04. The molecule has 0 aromatic carbocycles. The van der Waals surface area contributed by atoms with Crippen LogP contribution >= 0.6 is 0 Å². The molecule has 144 valence electrons. The fourth-order valence-corrected chi connectivity index (χ4v) is 3.64. The zero-order valence-electron chi connectivity index (χ0n) is 15.9. The molecule has 2 aliphatic rings. The van der Waals surface area contributed by atoms with Crippen LogP contribution in [-0.4, -0.2) is 55.8 Å². The van der Waals surface area contributed by atoms with Crippen molar-refractivity contribution in [2.75, 3.05) is 39.2 Å². The van der Waals surface area contributed by atoms with Crippen LogP contribution in [0.1, 0.15) is 49.3 Å². The van der Waals surface area contributed by atoms with Crippen molar-refractivity contribution in [1.29, 1.82) is 0 Å². The minimum absolute atomic E-state index is 0.0358. The van der Waals surface area contributed by atoms with Crippen LogP contribution in [-0.2, 0) is 32.0 Å². The van der Waals surface area contributed by atoms with E-state index in [4.69, 9.17) is 19.2 Å². The van der Waals surface area contributed by atoms with E-state index < -0.39 is 6.29 Å². The summed E-state index contributed by atoms with van der Waals surface area (Å²) < 4.78 is 16.6. The first-order valence-electron chi connectivity index (χ1n) is 9.31. The smallest absolute Gasteiger partial charge is 0.219 e. The van der Waals surface area contributed by atoms with Crippen molar-refractivity contribution in [1.82, 2.24) is 9.88 Å². The summed E-state index contributed by atoms with van der Waals surface area (Å²) in [4.78, 5) is 18.8.